The number of hydrogen-bond acceptors (Lipinski definition) is 2. The normalized spacial score (nSPS) is 12.3. The van der Waals surface area contributed by atoms with E-state index in [0.29, 0.717) is 6.07 Å². The Balaban J connectivity index is 3.22. The fourth-order valence-corrected chi connectivity index (χ4v) is 0.979. The molecule has 0 bridgehead atoms. The summed E-state index contributed by atoms with van der Waals surface area (Å²) < 4.78 is 49.4. The molecule has 0 aliphatic carbocycles. The molecule has 0 amide bonds. The lowest BCUT2D eigenvalue weighted by molar-refractivity contribution is 0.494. The zero-order valence-corrected chi connectivity index (χ0v) is 6.92. The number of halogens is 4. The summed E-state index contributed by atoms with van der Waals surface area (Å²) in [6, 6.07) is 2.57. The summed E-state index contributed by atoms with van der Waals surface area (Å²) in [6.07, 6.45) is 1.02. The van der Waals surface area contributed by atoms with E-state index in [9.17, 15) is 17.3 Å². The number of nitrogens with two attached hydrogens (primary N) is 1. The Bertz CT molecular complexity index is 361. The first-order chi connectivity index (χ1) is 6.45. The third-order valence-electron chi connectivity index (χ3n) is 1.60. The van der Waals surface area contributed by atoms with Crippen LogP contribution in [0.2, 0.25) is 0 Å². The molecule has 0 heterocycles. The standard InChI is InChI=1S/C7H6BF4N2/c9-7-2-1-5(4-14-13)3-6(7)8(10,11)12/h1-4H,13H2/q-1. The highest BCUT2D eigenvalue weighted by atomic mass is 19.4. The average Bonchev–Trinajstić information content (AvgIpc) is 2.07. The Hall–Kier alpha value is -1.53. The molecule has 0 fully saturated rings. The zero-order valence-electron chi connectivity index (χ0n) is 6.92. The van der Waals surface area contributed by atoms with Crippen LogP contribution in [-0.4, -0.2) is 13.2 Å². The molecule has 2 nitrogen and oxygen atoms in total. The fourth-order valence-electron chi connectivity index (χ4n) is 0.979. The molecule has 0 saturated carbocycles. The largest absolute Gasteiger partial charge is 0.512 e. The van der Waals surface area contributed by atoms with E-state index in [-0.39, 0.29) is 5.56 Å². The third-order valence-corrected chi connectivity index (χ3v) is 1.60. The van der Waals surface area contributed by atoms with Crippen molar-refractivity contribution in [1.29, 1.82) is 0 Å². The molecular weight excluding hydrogens is 199 g/mol. The van der Waals surface area contributed by atoms with E-state index in [1.54, 1.807) is 0 Å². The molecule has 0 unspecified atom stereocenters. The van der Waals surface area contributed by atoms with E-state index in [2.05, 4.69) is 5.10 Å². The van der Waals surface area contributed by atoms with Gasteiger partial charge in [-0.1, -0.05) is 17.6 Å². The highest BCUT2D eigenvalue weighted by Gasteiger charge is 2.28. The summed E-state index contributed by atoms with van der Waals surface area (Å²) in [5.74, 6) is 3.47. The summed E-state index contributed by atoms with van der Waals surface area (Å²) in [5.41, 5.74) is -1.15. The molecule has 7 heteroatoms. The van der Waals surface area contributed by atoms with Gasteiger partial charge in [-0.2, -0.15) is 5.10 Å². The highest BCUT2D eigenvalue weighted by molar-refractivity contribution is 6.73. The number of rotatable bonds is 2. The molecule has 0 atom stereocenters. The van der Waals surface area contributed by atoms with Gasteiger partial charge in [0.25, 0.3) is 0 Å². The lowest BCUT2D eigenvalue weighted by atomic mass is 9.79. The predicted octanol–water partition coefficient (Wildman–Crippen LogP) is 1.17. The second-order valence-corrected chi connectivity index (χ2v) is 2.63. The number of hydrogen-bond donors (Lipinski definition) is 1. The molecule has 0 aliphatic heterocycles. The highest BCUT2D eigenvalue weighted by Crippen LogP contribution is 2.12. The van der Waals surface area contributed by atoms with Gasteiger partial charge in [-0.25, -0.2) is 4.39 Å². The average molecular weight is 205 g/mol. The molecule has 14 heavy (non-hydrogen) atoms. The monoisotopic (exact) mass is 205 g/mol. The molecule has 2 N–H and O–H groups in total. The molecule has 1 rings (SSSR count). The first-order valence-electron chi connectivity index (χ1n) is 3.68. The Kier molecular flexibility index (Phi) is 2.78. The quantitative estimate of drug-likeness (QED) is 0.254. The van der Waals surface area contributed by atoms with Crippen molar-refractivity contribution < 1.29 is 17.3 Å². The topological polar surface area (TPSA) is 38.4 Å². The van der Waals surface area contributed by atoms with Crippen molar-refractivity contribution in [3.63, 3.8) is 0 Å². The van der Waals surface area contributed by atoms with Gasteiger partial charge in [0.15, 0.2) is 0 Å². The van der Waals surface area contributed by atoms with Gasteiger partial charge >= 0.3 is 6.98 Å². The van der Waals surface area contributed by atoms with Gasteiger partial charge in [-0.15, -0.1) is 0 Å². The zero-order chi connectivity index (χ0) is 10.8. The first-order valence-corrected chi connectivity index (χ1v) is 3.68. The maximum atomic E-state index is 12.7. The van der Waals surface area contributed by atoms with E-state index >= 15 is 0 Å². The SMILES string of the molecule is NN=Cc1ccc(F)c([B-](F)(F)F)c1. The van der Waals surface area contributed by atoms with Gasteiger partial charge in [0.1, 0.15) is 0 Å². The third kappa shape index (κ3) is 2.24. The molecule has 1 aromatic carbocycles. The van der Waals surface area contributed by atoms with Crippen LogP contribution in [0.3, 0.4) is 0 Å². The molecule has 0 saturated heterocycles. The van der Waals surface area contributed by atoms with E-state index in [4.69, 9.17) is 5.84 Å². The summed E-state index contributed by atoms with van der Waals surface area (Å²) in [7, 11) is 0. The fraction of sp³-hybridized carbons (Fsp3) is 0. The molecule has 0 aromatic heterocycles. The molecule has 0 aliphatic rings. The minimum atomic E-state index is -5.34. The predicted molar refractivity (Wildman–Crippen MR) is 46.9 cm³/mol. The molecule has 0 spiro atoms. The molecular formula is C7H6BF4N2-. The minimum absolute atomic E-state index is 0.114. The lowest BCUT2D eigenvalue weighted by Gasteiger charge is -2.15. The second kappa shape index (κ2) is 3.69. The number of benzene rings is 1. The van der Waals surface area contributed by atoms with Crippen LogP contribution in [0, 0.1) is 5.82 Å². The van der Waals surface area contributed by atoms with Crippen LogP contribution in [-0.2, 0) is 0 Å². The van der Waals surface area contributed by atoms with Crippen molar-refractivity contribution >= 4 is 18.7 Å². The van der Waals surface area contributed by atoms with Crippen molar-refractivity contribution in [1.82, 2.24) is 0 Å². The van der Waals surface area contributed by atoms with E-state index in [1.165, 1.54) is 0 Å². The lowest BCUT2D eigenvalue weighted by Crippen LogP contribution is -2.37. The summed E-state index contributed by atoms with van der Waals surface area (Å²) in [5, 5.41) is 3.05. The first kappa shape index (κ1) is 10.6. The van der Waals surface area contributed by atoms with Crippen LogP contribution in [0.4, 0.5) is 17.3 Å². The van der Waals surface area contributed by atoms with Crippen molar-refractivity contribution in [2.45, 2.75) is 0 Å². The summed E-state index contributed by atoms with van der Waals surface area (Å²) >= 11 is 0. The summed E-state index contributed by atoms with van der Waals surface area (Å²) in [6.45, 7) is -5.34. The maximum Gasteiger partial charge on any atom is 0.512 e. The van der Waals surface area contributed by atoms with Crippen LogP contribution < -0.4 is 11.3 Å². The second-order valence-electron chi connectivity index (χ2n) is 2.63. The minimum Gasteiger partial charge on any atom is -0.445 e. The molecule has 76 valence electrons. The van der Waals surface area contributed by atoms with Crippen LogP contribution in [0.15, 0.2) is 23.3 Å². The summed E-state index contributed by atoms with van der Waals surface area (Å²) in [4.78, 5) is 0. The van der Waals surface area contributed by atoms with Crippen LogP contribution in [0.1, 0.15) is 5.56 Å². The van der Waals surface area contributed by atoms with Crippen molar-refractivity contribution in [3.05, 3.63) is 29.6 Å². The maximum absolute atomic E-state index is 12.7. The smallest absolute Gasteiger partial charge is 0.445 e. The van der Waals surface area contributed by atoms with E-state index in [1.807, 2.05) is 0 Å². The van der Waals surface area contributed by atoms with Gasteiger partial charge in [-0.3, -0.25) is 0 Å². The van der Waals surface area contributed by atoms with Gasteiger partial charge in [0.05, 0.1) is 12.0 Å². The van der Waals surface area contributed by atoms with Gasteiger partial charge in [-0.05, 0) is 11.6 Å². The van der Waals surface area contributed by atoms with Crippen LogP contribution in [0.5, 0.6) is 0 Å². The van der Waals surface area contributed by atoms with E-state index < -0.39 is 18.3 Å². The van der Waals surface area contributed by atoms with Crippen LogP contribution in [0.25, 0.3) is 0 Å². The Morgan fingerprint density at radius 2 is 1.93 bits per heavy atom. The van der Waals surface area contributed by atoms with Gasteiger partial charge < -0.3 is 18.8 Å². The van der Waals surface area contributed by atoms with E-state index in [0.717, 1.165) is 18.3 Å². The molecule has 0 radical (unpaired) electrons. The molecule has 1 aromatic rings. The Labute approximate surface area is 77.5 Å². The van der Waals surface area contributed by atoms with Crippen LogP contribution >= 0.6 is 0 Å². The van der Waals surface area contributed by atoms with Crippen molar-refractivity contribution in [2.24, 2.45) is 10.9 Å². The number of nitrogens with zero attached hydrogens (tertiary/aromatic N) is 1. The van der Waals surface area contributed by atoms with Crippen molar-refractivity contribution in [3.8, 4) is 0 Å². The van der Waals surface area contributed by atoms with Gasteiger partial charge in [0, 0.05) is 0 Å². The Morgan fingerprint density at radius 1 is 1.29 bits per heavy atom. The van der Waals surface area contributed by atoms with Crippen molar-refractivity contribution in [2.75, 3.05) is 0 Å². The van der Waals surface area contributed by atoms with Gasteiger partial charge in [0.2, 0.25) is 0 Å². The Morgan fingerprint density at radius 3 is 2.43 bits per heavy atom. The number of hydrazone groups is 1.